The first-order chi connectivity index (χ1) is 9.75. The molecule has 0 aliphatic carbocycles. The van der Waals surface area contributed by atoms with Crippen LogP contribution in [0.4, 0.5) is 5.82 Å². The Hall–Kier alpha value is -2.82. The Morgan fingerprint density at radius 2 is 1.90 bits per heavy atom. The predicted octanol–water partition coefficient (Wildman–Crippen LogP) is 1.94. The molecule has 1 aliphatic heterocycles. The molecule has 0 saturated carbocycles. The minimum atomic E-state index is -0.839. The fourth-order valence-electron chi connectivity index (χ4n) is 2.03. The first-order valence-corrected chi connectivity index (χ1v) is 6.15. The van der Waals surface area contributed by atoms with Crippen LogP contribution < -0.4 is 5.32 Å². The number of aromatic nitrogens is 2. The molecule has 20 heavy (non-hydrogen) atoms. The van der Waals surface area contributed by atoms with Gasteiger partial charge < -0.3 is 5.32 Å². The highest BCUT2D eigenvalue weighted by atomic mass is 16.2. The predicted molar refractivity (Wildman–Crippen MR) is 74.0 cm³/mol. The molecule has 1 amide bonds. The highest BCUT2D eigenvalue weighted by molar-refractivity contribution is 6.21. The number of Topliss-reactive ketones (excluding diaryl/α,β-unsaturated/α-hetero) is 1. The van der Waals surface area contributed by atoms with E-state index in [0.29, 0.717) is 17.1 Å². The topological polar surface area (TPSA) is 72.0 Å². The molecule has 1 N–H and O–H groups in total. The van der Waals surface area contributed by atoms with Gasteiger partial charge in [-0.3, -0.25) is 14.6 Å². The zero-order chi connectivity index (χ0) is 13.9. The Balaban J connectivity index is 1.90. The lowest BCUT2D eigenvalue weighted by atomic mass is 9.93. The molecule has 0 unspecified atom stereocenters. The molecule has 5 heteroatoms. The maximum Gasteiger partial charge on any atom is 0.240 e. The number of nitrogens with zero attached hydrogens (tertiary/aromatic N) is 2. The number of hydrogen-bond donors (Lipinski definition) is 1. The van der Waals surface area contributed by atoms with Gasteiger partial charge in [-0.25, -0.2) is 4.98 Å². The number of carbonyl (C=O) groups excluding carboxylic acids is 2. The molecule has 98 valence electrons. The molecule has 3 heterocycles. The quantitative estimate of drug-likeness (QED) is 0.842. The van der Waals surface area contributed by atoms with Crippen molar-refractivity contribution in [1.82, 2.24) is 9.97 Å². The van der Waals surface area contributed by atoms with Crippen molar-refractivity contribution in [1.29, 1.82) is 0 Å². The van der Waals surface area contributed by atoms with Crippen molar-refractivity contribution >= 4 is 23.6 Å². The van der Waals surface area contributed by atoms with Crippen LogP contribution >= 0.6 is 0 Å². The van der Waals surface area contributed by atoms with Gasteiger partial charge in [0.2, 0.25) is 5.91 Å². The fraction of sp³-hybridized carbons (Fsp3) is 0.0667. The summed E-state index contributed by atoms with van der Waals surface area (Å²) in [6.45, 7) is 0. The Bertz CT molecular complexity index is 695. The van der Waals surface area contributed by atoms with Crippen LogP contribution in [0.5, 0.6) is 0 Å². The summed E-state index contributed by atoms with van der Waals surface area (Å²) >= 11 is 0. The molecular weight excluding hydrogens is 254 g/mol. The molecule has 0 fully saturated rings. The van der Waals surface area contributed by atoms with Gasteiger partial charge in [-0.1, -0.05) is 12.1 Å². The summed E-state index contributed by atoms with van der Waals surface area (Å²) in [6, 6.07) is 8.78. The van der Waals surface area contributed by atoms with Gasteiger partial charge in [0.15, 0.2) is 5.78 Å². The molecule has 0 radical (unpaired) electrons. The molecule has 1 aliphatic rings. The highest BCUT2D eigenvalue weighted by Gasteiger charge is 2.32. The van der Waals surface area contributed by atoms with Crippen LogP contribution in [-0.4, -0.2) is 21.7 Å². The molecule has 2 aromatic rings. The lowest BCUT2D eigenvalue weighted by molar-refractivity contribution is -0.117. The van der Waals surface area contributed by atoms with Gasteiger partial charge in [-0.15, -0.1) is 0 Å². The Morgan fingerprint density at radius 1 is 1.05 bits per heavy atom. The third-order valence-electron chi connectivity index (χ3n) is 3.03. The van der Waals surface area contributed by atoms with E-state index in [1.807, 2.05) is 6.07 Å². The lowest BCUT2D eigenvalue weighted by Gasteiger charge is -2.19. The largest absolute Gasteiger partial charge is 0.309 e. The second kappa shape index (κ2) is 5.05. The molecule has 2 aromatic heterocycles. The average molecular weight is 265 g/mol. The smallest absolute Gasteiger partial charge is 0.240 e. The molecule has 0 bridgehead atoms. The zero-order valence-electron chi connectivity index (χ0n) is 10.5. The van der Waals surface area contributed by atoms with Gasteiger partial charge in [0.05, 0.1) is 11.3 Å². The number of anilines is 1. The van der Waals surface area contributed by atoms with E-state index in [9.17, 15) is 9.59 Å². The maximum absolute atomic E-state index is 12.3. The fourth-order valence-corrected chi connectivity index (χ4v) is 2.03. The minimum absolute atomic E-state index is 0.246. The average Bonchev–Trinajstić information content (AvgIpc) is 2.48. The van der Waals surface area contributed by atoms with E-state index in [1.54, 1.807) is 42.6 Å². The van der Waals surface area contributed by atoms with Crippen LogP contribution in [0.2, 0.25) is 0 Å². The van der Waals surface area contributed by atoms with Gasteiger partial charge in [0.25, 0.3) is 0 Å². The number of amides is 1. The van der Waals surface area contributed by atoms with Crippen LogP contribution in [0.25, 0.3) is 6.08 Å². The van der Waals surface area contributed by atoms with E-state index in [2.05, 4.69) is 15.3 Å². The molecule has 0 aromatic carbocycles. The van der Waals surface area contributed by atoms with Gasteiger partial charge in [-0.2, -0.15) is 0 Å². The third kappa shape index (κ3) is 2.21. The van der Waals surface area contributed by atoms with Crippen LogP contribution in [0.15, 0.2) is 48.8 Å². The lowest BCUT2D eigenvalue weighted by Crippen LogP contribution is -2.34. The summed E-state index contributed by atoms with van der Waals surface area (Å²) in [5, 5.41) is 2.63. The monoisotopic (exact) mass is 265 g/mol. The molecule has 1 atom stereocenters. The van der Waals surface area contributed by atoms with Crippen molar-refractivity contribution in [2.24, 2.45) is 5.92 Å². The summed E-state index contributed by atoms with van der Waals surface area (Å²) in [4.78, 5) is 32.3. The standard InChI is InChI=1S/C15H11N3O2/c19-13-11-5-3-9-17-14(11)18-15(20)12(13)7-6-10-4-1-2-8-16-10/h1-9,12H,(H,17,18,20)/b7-6+/t12-/m0/s1. The molecule has 3 rings (SSSR count). The SMILES string of the molecule is O=C1Nc2ncccc2C(=O)[C@@H]1/C=C/c1ccccn1. The summed E-state index contributed by atoms with van der Waals surface area (Å²) in [5.41, 5.74) is 1.13. The van der Waals surface area contributed by atoms with Gasteiger partial charge >= 0.3 is 0 Å². The van der Waals surface area contributed by atoms with Crippen molar-refractivity contribution in [3.63, 3.8) is 0 Å². The number of rotatable bonds is 2. The Morgan fingerprint density at radius 3 is 2.70 bits per heavy atom. The van der Waals surface area contributed by atoms with E-state index >= 15 is 0 Å². The van der Waals surface area contributed by atoms with Crippen molar-refractivity contribution in [2.75, 3.05) is 5.32 Å². The van der Waals surface area contributed by atoms with Crippen molar-refractivity contribution in [3.05, 3.63) is 60.1 Å². The number of hydrogen-bond acceptors (Lipinski definition) is 4. The Kier molecular flexibility index (Phi) is 3.09. The van der Waals surface area contributed by atoms with Crippen molar-refractivity contribution in [2.45, 2.75) is 0 Å². The second-order valence-electron chi connectivity index (χ2n) is 4.34. The molecule has 0 saturated heterocycles. The number of pyridine rings is 2. The number of nitrogens with one attached hydrogen (secondary N) is 1. The van der Waals surface area contributed by atoms with Gasteiger partial charge in [0, 0.05) is 12.4 Å². The van der Waals surface area contributed by atoms with E-state index in [4.69, 9.17) is 0 Å². The normalized spacial score (nSPS) is 17.9. The van der Waals surface area contributed by atoms with Crippen LogP contribution in [-0.2, 0) is 4.79 Å². The molecule has 0 spiro atoms. The maximum atomic E-state index is 12.3. The van der Waals surface area contributed by atoms with Crippen LogP contribution in [0, 0.1) is 5.92 Å². The first-order valence-electron chi connectivity index (χ1n) is 6.15. The summed E-state index contributed by atoms with van der Waals surface area (Å²) < 4.78 is 0. The number of ketones is 1. The van der Waals surface area contributed by atoms with E-state index in [0.717, 1.165) is 0 Å². The molecular formula is C15H11N3O2. The number of fused-ring (bicyclic) bond motifs is 1. The zero-order valence-corrected chi connectivity index (χ0v) is 10.5. The summed E-state index contributed by atoms with van der Waals surface area (Å²) in [7, 11) is 0. The summed E-state index contributed by atoms with van der Waals surface area (Å²) in [6.07, 6.45) is 6.43. The van der Waals surface area contributed by atoms with E-state index in [-0.39, 0.29) is 11.7 Å². The number of carbonyl (C=O) groups is 2. The summed E-state index contributed by atoms with van der Waals surface area (Å²) in [5.74, 6) is -1.13. The minimum Gasteiger partial charge on any atom is -0.309 e. The molecule has 5 nitrogen and oxygen atoms in total. The third-order valence-corrected chi connectivity index (χ3v) is 3.03. The van der Waals surface area contributed by atoms with Crippen LogP contribution in [0.1, 0.15) is 16.1 Å². The van der Waals surface area contributed by atoms with Crippen molar-refractivity contribution in [3.8, 4) is 0 Å². The van der Waals surface area contributed by atoms with E-state index < -0.39 is 5.92 Å². The van der Waals surface area contributed by atoms with Crippen molar-refractivity contribution < 1.29 is 9.59 Å². The highest BCUT2D eigenvalue weighted by Crippen LogP contribution is 2.24. The van der Waals surface area contributed by atoms with Gasteiger partial charge in [0.1, 0.15) is 11.7 Å². The van der Waals surface area contributed by atoms with Crippen LogP contribution in [0.3, 0.4) is 0 Å². The second-order valence-corrected chi connectivity index (χ2v) is 4.34. The van der Waals surface area contributed by atoms with Gasteiger partial charge in [-0.05, 0) is 30.3 Å². The first kappa shape index (κ1) is 12.2. The Labute approximate surface area is 115 Å². The van der Waals surface area contributed by atoms with E-state index in [1.165, 1.54) is 6.20 Å².